The number of anilines is 1. The molecule has 1 N–H and O–H groups in total. The van der Waals surface area contributed by atoms with E-state index in [1.165, 1.54) is 11.6 Å². The fraction of sp³-hybridized carbons (Fsp3) is 0.227. The summed E-state index contributed by atoms with van der Waals surface area (Å²) in [5, 5.41) is 3.94. The van der Waals surface area contributed by atoms with E-state index in [1.54, 1.807) is 7.05 Å². The van der Waals surface area contributed by atoms with Crippen molar-refractivity contribution in [2.45, 2.75) is 20.0 Å². The van der Waals surface area contributed by atoms with Crippen LogP contribution < -0.4 is 16.6 Å². The largest absolute Gasteiger partial charge is 0.351 e. The Hall–Kier alpha value is -3.32. The van der Waals surface area contributed by atoms with E-state index in [0.717, 1.165) is 21.3 Å². The summed E-state index contributed by atoms with van der Waals surface area (Å²) >= 11 is 6.28. The molecule has 8 heteroatoms. The minimum atomic E-state index is -0.412. The summed E-state index contributed by atoms with van der Waals surface area (Å²) in [5.74, 6) is 0.504. The quantitative estimate of drug-likeness (QED) is 0.535. The average molecular weight is 424 g/mol. The van der Waals surface area contributed by atoms with Gasteiger partial charge in [0.15, 0.2) is 11.2 Å². The van der Waals surface area contributed by atoms with Crippen LogP contribution in [0, 0.1) is 6.92 Å². The minimum Gasteiger partial charge on any atom is -0.351 e. The van der Waals surface area contributed by atoms with Gasteiger partial charge in [0.1, 0.15) is 0 Å². The molecule has 0 spiro atoms. The fourth-order valence-electron chi connectivity index (χ4n) is 3.43. The lowest BCUT2D eigenvalue weighted by molar-refractivity contribution is 0.702. The van der Waals surface area contributed by atoms with Crippen LogP contribution in [-0.4, -0.2) is 18.7 Å². The second-order valence-corrected chi connectivity index (χ2v) is 7.74. The molecule has 0 radical (unpaired) electrons. The maximum atomic E-state index is 12.9. The molecule has 2 aromatic carbocycles. The molecule has 4 aromatic rings. The Morgan fingerprint density at radius 2 is 1.70 bits per heavy atom. The lowest BCUT2D eigenvalue weighted by atomic mass is 10.1. The Balaban J connectivity index is 1.85. The van der Waals surface area contributed by atoms with Crippen LogP contribution in [0.3, 0.4) is 0 Å². The number of hydrogen-bond acceptors (Lipinski definition) is 4. The Morgan fingerprint density at radius 1 is 1.00 bits per heavy atom. The van der Waals surface area contributed by atoms with Crippen LogP contribution in [0.25, 0.3) is 11.2 Å². The predicted molar refractivity (Wildman–Crippen MR) is 119 cm³/mol. The van der Waals surface area contributed by atoms with Crippen LogP contribution in [0.1, 0.15) is 16.7 Å². The molecule has 0 fully saturated rings. The van der Waals surface area contributed by atoms with Crippen molar-refractivity contribution in [2.75, 3.05) is 5.32 Å². The molecule has 2 aromatic heterocycles. The number of imidazole rings is 1. The van der Waals surface area contributed by atoms with E-state index < -0.39 is 5.69 Å². The molecule has 0 unspecified atom stereocenters. The van der Waals surface area contributed by atoms with Crippen molar-refractivity contribution in [3.8, 4) is 0 Å². The number of halogens is 1. The summed E-state index contributed by atoms with van der Waals surface area (Å²) in [7, 11) is 3.09. The fourth-order valence-corrected chi connectivity index (χ4v) is 3.63. The molecule has 0 aliphatic rings. The van der Waals surface area contributed by atoms with Crippen LogP contribution >= 0.6 is 11.6 Å². The third-order valence-electron chi connectivity index (χ3n) is 5.20. The van der Waals surface area contributed by atoms with Crippen LogP contribution in [0.5, 0.6) is 0 Å². The number of fused-ring (bicyclic) bond motifs is 1. The third kappa shape index (κ3) is 3.52. The molecule has 2 heterocycles. The molecular weight excluding hydrogens is 402 g/mol. The second-order valence-electron chi connectivity index (χ2n) is 7.33. The number of aromatic nitrogens is 4. The predicted octanol–water partition coefficient (Wildman–Crippen LogP) is 3.06. The first kappa shape index (κ1) is 20.0. The molecule has 0 atom stereocenters. The van der Waals surface area contributed by atoms with Gasteiger partial charge in [0.2, 0.25) is 5.95 Å². The summed E-state index contributed by atoms with van der Waals surface area (Å²) in [6.07, 6.45) is 0. The van der Waals surface area contributed by atoms with Gasteiger partial charge in [-0.05, 0) is 24.1 Å². The maximum absolute atomic E-state index is 12.9. The highest BCUT2D eigenvalue weighted by Gasteiger charge is 2.19. The van der Waals surface area contributed by atoms with Gasteiger partial charge in [-0.25, -0.2) is 4.79 Å². The van der Waals surface area contributed by atoms with Crippen molar-refractivity contribution in [2.24, 2.45) is 14.1 Å². The van der Waals surface area contributed by atoms with Crippen molar-refractivity contribution in [3.63, 3.8) is 0 Å². The summed E-state index contributed by atoms with van der Waals surface area (Å²) in [6, 6.07) is 15.6. The van der Waals surface area contributed by atoms with Crippen LogP contribution in [0.2, 0.25) is 5.02 Å². The van der Waals surface area contributed by atoms with E-state index in [9.17, 15) is 9.59 Å². The van der Waals surface area contributed by atoms with Crippen molar-refractivity contribution < 1.29 is 0 Å². The van der Waals surface area contributed by atoms with Crippen LogP contribution in [-0.2, 0) is 27.2 Å². The van der Waals surface area contributed by atoms with E-state index in [1.807, 2.05) is 60.0 Å². The molecule has 0 saturated carbocycles. The van der Waals surface area contributed by atoms with Crippen LogP contribution in [0.15, 0.2) is 58.1 Å². The number of aryl methyl sites for hydroxylation is 2. The molecule has 0 bridgehead atoms. The number of nitrogens with zero attached hydrogens (tertiary/aromatic N) is 4. The molecule has 0 amide bonds. The third-order valence-corrected chi connectivity index (χ3v) is 5.57. The zero-order valence-corrected chi connectivity index (χ0v) is 17.8. The zero-order valence-electron chi connectivity index (χ0n) is 17.0. The Bertz CT molecular complexity index is 1350. The molecule has 7 nitrogen and oxygen atoms in total. The van der Waals surface area contributed by atoms with Crippen LogP contribution in [0.4, 0.5) is 5.95 Å². The van der Waals surface area contributed by atoms with E-state index in [0.29, 0.717) is 35.2 Å². The molecule has 0 aliphatic carbocycles. The first-order valence-electron chi connectivity index (χ1n) is 9.56. The maximum Gasteiger partial charge on any atom is 0.332 e. The van der Waals surface area contributed by atoms with Gasteiger partial charge in [-0.1, -0.05) is 59.6 Å². The summed E-state index contributed by atoms with van der Waals surface area (Å²) < 4.78 is 4.31. The Labute approximate surface area is 178 Å². The molecule has 0 saturated heterocycles. The summed E-state index contributed by atoms with van der Waals surface area (Å²) in [5.41, 5.74) is 3.03. The lowest BCUT2D eigenvalue weighted by Gasteiger charge is -2.12. The van der Waals surface area contributed by atoms with Crippen molar-refractivity contribution in [3.05, 3.63) is 91.1 Å². The van der Waals surface area contributed by atoms with Gasteiger partial charge in [0, 0.05) is 25.7 Å². The summed E-state index contributed by atoms with van der Waals surface area (Å²) in [4.78, 5) is 29.9. The number of rotatable bonds is 5. The van der Waals surface area contributed by atoms with Crippen molar-refractivity contribution >= 4 is 28.7 Å². The van der Waals surface area contributed by atoms with Gasteiger partial charge in [-0.2, -0.15) is 4.98 Å². The van der Waals surface area contributed by atoms with Crippen molar-refractivity contribution in [1.29, 1.82) is 0 Å². The number of nitrogens with one attached hydrogen (secondary N) is 1. The van der Waals surface area contributed by atoms with E-state index in [4.69, 9.17) is 11.6 Å². The monoisotopic (exact) mass is 423 g/mol. The first-order chi connectivity index (χ1) is 14.4. The molecule has 154 valence electrons. The molecule has 4 rings (SSSR count). The normalized spacial score (nSPS) is 11.2. The first-order valence-corrected chi connectivity index (χ1v) is 9.93. The Morgan fingerprint density at radius 3 is 2.40 bits per heavy atom. The molecule has 0 aliphatic heterocycles. The highest BCUT2D eigenvalue weighted by Crippen LogP contribution is 2.21. The zero-order chi connectivity index (χ0) is 21.4. The SMILES string of the molecule is Cc1ccc(Cn2c(NCc3ccccc3Cl)nc3c2c(=O)n(C)c(=O)n3C)cc1. The number of hydrogen-bond donors (Lipinski definition) is 1. The summed E-state index contributed by atoms with van der Waals surface area (Å²) in [6.45, 7) is 2.90. The smallest absolute Gasteiger partial charge is 0.332 e. The van der Waals surface area contributed by atoms with Gasteiger partial charge in [0.05, 0.1) is 6.54 Å². The van der Waals surface area contributed by atoms with Gasteiger partial charge in [-0.15, -0.1) is 0 Å². The lowest BCUT2D eigenvalue weighted by Crippen LogP contribution is -2.37. The molecular formula is C22H22ClN5O2. The topological polar surface area (TPSA) is 73.8 Å². The van der Waals surface area contributed by atoms with Gasteiger partial charge < -0.3 is 5.32 Å². The van der Waals surface area contributed by atoms with Crippen molar-refractivity contribution in [1.82, 2.24) is 18.7 Å². The highest BCUT2D eigenvalue weighted by molar-refractivity contribution is 6.31. The van der Waals surface area contributed by atoms with Gasteiger partial charge in [-0.3, -0.25) is 18.5 Å². The van der Waals surface area contributed by atoms with E-state index in [-0.39, 0.29) is 5.56 Å². The standard InChI is InChI=1S/C22H22ClN5O2/c1-14-8-10-15(11-9-14)13-28-18-19(26(2)22(30)27(3)20(18)29)25-21(28)24-12-16-6-4-5-7-17(16)23/h4-11H,12-13H2,1-3H3,(H,24,25). The highest BCUT2D eigenvalue weighted by atomic mass is 35.5. The van der Waals surface area contributed by atoms with E-state index in [2.05, 4.69) is 10.3 Å². The Kier molecular flexibility index (Phi) is 5.22. The van der Waals surface area contributed by atoms with Gasteiger partial charge >= 0.3 is 5.69 Å². The van der Waals surface area contributed by atoms with Gasteiger partial charge in [0.25, 0.3) is 5.56 Å². The number of benzene rings is 2. The van der Waals surface area contributed by atoms with E-state index >= 15 is 0 Å². The second kappa shape index (κ2) is 7.84. The minimum absolute atomic E-state index is 0.344. The average Bonchev–Trinajstić information content (AvgIpc) is 3.10. The molecule has 30 heavy (non-hydrogen) atoms.